The first-order valence-corrected chi connectivity index (χ1v) is 7.38. The summed E-state index contributed by atoms with van der Waals surface area (Å²) in [5, 5.41) is 10.5. The molecule has 8 heteroatoms. The summed E-state index contributed by atoms with van der Waals surface area (Å²) in [6.45, 7) is 0.202. The molecule has 1 heterocycles. The smallest absolute Gasteiger partial charge is 0.262 e. The molecule has 3 N–H and O–H groups in total. The predicted octanol–water partition coefficient (Wildman–Crippen LogP) is 0.429. The third-order valence-electron chi connectivity index (χ3n) is 3.76. The molecule has 0 bridgehead atoms. The Bertz CT molecular complexity index is 647. The van der Waals surface area contributed by atoms with Gasteiger partial charge in [0.15, 0.2) is 5.78 Å². The molecule has 1 saturated heterocycles. The predicted molar refractivity (Wildman–Crippen MR) is 80.1 cm³/mol. The summed E-state index contributed by atoms with van der Waals surface area (Å²) in [6, 6.07) is 3.62. The lowest BCUT2D eigenvalue weighted by molar-refractivity contribution is -0.152. The second-order valence-electron chi connectivity index (χ2n) is 5.50. The largest absolute Gasteiger partial charge is 0.373 e. The molecule has 124 valence electrons. The van der Waals surface area contributed by atoms with Gasteiger partial charge in [-0.3, -0.25) is 14.4 Å². The van der Waals surface area contributed by atoms with Gasteiger partial charge in [-0.05, 0) is 23.8 Å². The lowest BCUT2D eigenvalue weighted by Gasteiger charge is -2.21. The number of nitrogens with zero attached hydrogens (tertiary/aromatic N) is 1. The molecule has 2 rings (SSSR count). The lowest BCUT2D eigenvalue weighted by Crippen LogP contribution is -2.47. The highest BCUT2D eigenvalue weighted by Crippen LogP contribution is 2.26. The van der Waals surface area contributed by atoms with Crippen molar-refractivity contribution in [1.29, 1.82) is 0 Å². The fourth-order valence-electron chi connectivity index (χ4n) is 2.53. The second-order valence-corrected chi connectivity index (χ2v) is 5.93. The van der Waals surface area contributed by atoms with Crippen LogP contribution in [0.5, 0.6) is 0 Å². The standard InChI is InChI=1S/C15H16ClFN2O4/c16-10-5-9(6-11(17)8-10)7-12(20)15(23)2-4-19(14(15)22)3-1-13(18)21/h5-6,8,23H,1-4,7H2,(H2,18,21). The minimum Gasteiger partial charge on any atom is -0.373 e. The molecule has 1 atom stereocenters. The average Bonchev–Trinajstić information content (AvgIpc) is 2.73. The highest BCUT2D eigenvalue weighted by atomic mass is 35.5. The third-order valence-corrected chi connectivity index (χ3v) is 3.98. The molecule has 1 aliphatic rings. The molecule has 1 fully saturated rings. The van der Waals surface area contributed by atoms with E-state index in [0.29, 0.717) is 0 Å². The molecule has 0 aliphatic carbocycles. The Morgan fingerprint density at radius 3 is 2.70 bits per heavy atom. The van der Waals surface area contributed by atoms with Crippen LogP contribution in [-0.2, 0) is 20.8 Å². The van der Waals surface area contributed by atoms with Crippen molar-refractivity contribution in [3.63, 3.8) is 0 Å². The highest BCUT2D eigenvalue weighted by Gasteiger charge is 2.50. The van der Waals surface area contributed by atoms with E-state index in [0.717, 1.165) is 12.1 Å². The first kappa shape index (κ1) is 17.4. The van der Waals surface area contributed by atoms with Crippen molar-refractivity contribution < 1.29 is 23.9 Å². The molecule has 1 aliphatic heterocycles. The molecule has 0 spiro atoms. The van der Waals surface area contributed by atoms with Crippen molar-refractivity contribution >= 4 is 29.2 Å². The van der Waals surface area contributed by atoms with Crippen LogP contribution in [0.3, 0.4) is 0 Å². The van der Waals surface area contributed by atoms with Gasteiger partial charge in [0.1, 0.15) is 5.82 Å². The van der Waals surface area contributed by atoms with Crippen molar-refractivity contribution in [2.75, 3.05) is 13.1 Å². The summed E-state index contributed by atoms with van der Waals surface area (Å²) in [5.74, 6) is -2.67. The van der Waals surface area contributed by atoms with Crippen molar-refractivity contribution in [3.05, 3.63) is 34.6 Å². The highest BCUT2D eigenvalue weighted by molar-refractivity contribution is 6.30. The van der Waals surface area contributed by atoms with Gasteiger partial charge in [0.2, 0.25) is 11.5 Å². The van der Waals surface area contributed by atoms with Gasteiger partial charge in [-0.15, -0.1) is 0 Å². The molecule has 23 heavy (non-hydrogen) atoms. The number of likely N-dealkylation sites (tertiary alicyclic amines) is 1. The SMILES string of the molecule is NC(=O)CCN1CCC(O)(C(=O)Cc2cc(F)cc(Cl)c2)C1=O. The van der Waals surface area contributed by atoms with Gasteiger partial charge in [0.05, 0.1) is 0 Å². The van der Waals surface area contributed by atoms with Gasteiger partial charge in [-0.1, -0.05) is 11.6 Å². The zero-order chi connectivity index (χ0) is 17.2. The monoisotopic (exact) mass is 342 g/mol. The Kier molecular flexibility index (Phi) is 5.01. The van der Waals surface area contributed by atoms with Gasteiger partial charge in [-0.2, -0.15) is 0 Å². The number of hydrogen-bond donors (Lipinski definition) is 2. The van der Waals surface area contributed by atoms with Crippen LogP contribution >= 0.6 is 11.6 Å². The topological polar surface area (TPSA) is 101 Å². The summed E-state index contributed by atoms with van der Waals surface area (Å²) in [4.78, 5) is 36.5. The fourth-order valence-corrected chi connectivity index (χ4v) is 2.77. The molecule has 0 radical (unpaired) electrons. The van der Waals surface area contributed by atoms with E-state index in [9.17, 15) is 23.9 Å². The molecule has 0 saturated carbocycles. The van der Waals surface area contributed by atoms with Crippen LogP contribution in [0.1, 0.15) is 18.4 Å². The summed E-state index contributed by atoms with van der Waals surface area (Å²) in [6.07, 6.45) is -0.439. The third kappa shape index (κ3) is 3.86. The van der Waals surface area contributed by atoms with E-state index in [-0.39, 0.29) is 42.9 Å². The van der Waals surface area contributed by atoms with Crippen LogP contribution in [0.25, 0.3) is 0 Å². The summed E-state index contributed by atoms with van der Waals surface area (Å²) >= 11 is 5.72. The number of ketones is 1. The van der Waals surface area contributed by atoms with Crippen LogP contribution in [-0.4, -0.2) is 46.3 Å². The molecular weight excluding hydrogens is 327 g/mol. The van der Waals surface area contributed by atoms with Crippen molar-refractivity contribution in [1.82, 2.24) is 4.90 Å². The van der Waals surface area contributed by atoms with Crippen LogP contribution in [0.15, 0.2) is 18.2 Å². The first-order chi connectivity index (χ1) is 10.7. The van der Waals surface area contributed by atoms with E-state index in [1.807, 2.05) is 0 Å². The van der Waals surface area contributed by atoms with Gasteiger partial charge >= 0.3 is 0 Å². The van der Waals surface area contributed by atoms with Crippen LogP contribution < -0.4 is 5.73 Å². The Balaban J connectivity index is 2.09. The fraction of sp³-hybridized carbons (Fsp3) is 0.400. The Morgan fingerprint density at radius 2 is 2.09 bits per heavy atom. The molecule has 1 aromatic carbocycles. The van der Waals surface area contributed by atoms with Gasteiger partial charge in [0.25, 0.3) is 5.91 Å². The number of carbonyl (C=O) groups excluding carboxylic acids is 3. The number of halogens is 2. The quantitative estimate of drug-likeness (QED) is 0.732. The van der Waals surface area contributed by atoms with Crippen LogP contribution in [0.4, 0.5) is 4.39 Å². The van der Waals surface area contributed by atoms with Gasteiger partial charge in [0, 0.05) is 37.4 Å². The van der Waals surface area contributed by atoms with Crippen molar-refractivity contribution in [2.24, 2.45) is 5.73 Å². The van der Waals surface area contributed by atoms with Gasteiger partial charge in [-0.25, -0.2) is 4.39 Å². The first-order valence-electron chi connectivity index (χ1n) is 7.00. The van der Waals surface area contributed by atoms with E-state index in [4.69, 9.17) is 17.3 Å². The molecule has 1 aromatic rings. The minimum absolute atomic E-state index is 0.0461. The number of rotatable bonds is 6. The molecule has 6 nitrogen and oxygen atoms in total. The summed E-state index contributed by atoms with van der Waals surface area (Å²) in [7, 11) is 0. The normalized spacial score (nSPS) is 20.8. The molecule has 0 aromatic heterocycles. The average molecular weight is 343 g/mol. The number of nitrogens with two attached hydrogens (primary N) is 1. The van der Waals surface area contributed by atoms with Crippen molar-refractivity contribution in [2.45, 2.75) is 24.9 Å². The van der Waals surface area contributed by atoms with E-state index in [2.05, 4.69) is 0 Å². The zero-order valence-corrected chi connectivity index (χ0v) is 13.0. The van der Waals surface area contributed by atoms with Crippen LogP contribution in [0, 0.1) is 5.82 Å². The maximum Gasteiger partial charge on any atom is 0.262 e. The molecule has 1 unspecified atom stereocenters. The molecular formula is C15H16ClFN2O4. The summed E-state index contributed by atoms with van der Waals surface area (Å²) < 4.78 is 13.3. The number of carbonyl (C=O) groups is 3. The van der Waals surface area contributed by atoms with Crippen molar-refractivity contribution in [3.8, 4) is 0 Å². The number of amides is 2. The summed E-state index contributed by atoms with van der Waals surface area (Å²) in [5.41, 5.74) is 3.14. The maximum absolute atomic E-state index is 13.3. The van der Waals surface area contributed by atoms with E-state index in [1.165, 1.54) is 11.0 Å². The van der Waals surface area contributed by atoms with E-state index in [1.54, 1.807) is 0 Å². The number of aliphatic hydroxyl groups is 1. The number of primary amides is 1. The zero-order valence-electron chi connectivity index (χ0n) is 12.2. The number of hydrogen-bond acceptors (Lipinski definition) is 4. The Hall–Kier alpha value is -1.99. The van der Waals surface area contributed by atoms with Crippen LogP contribution in [0.2, 0.25) is 5.02 Å². The minimum atomic E-state index is -2.16. The maximum atomic E-state index is 13.3. The number of Topliss-reactive ketones (excluding diaryl/α,β-unsaturated/α-hetero) is 1. The van der Waals surface area contributed by atoms with E-state index < -0.39 is 29.0 Å². The Labute approximate surface area is 137 Å². The van der Waals surface area contributed by atoms with Gasteiger partial charge < -0.3 is 15.7 Å². The second kappa shape index (κ2) is 6.64. The Morgan fingerprint density at radius 1 is 1.39 bits per heavy atom. The lowest BCUT2D eigenvalue weighted by atomic mass is 9.92. The molecule has 2 amide bonds. The number of benzene rings is 1. The van der Waals surface area contributed by atoms with E-state index >= 15 is 0 Å².